The molecule has 3 N–H and O–H groups in total. The predicted molar refractivity (Wildman–Crippen MR) is 101 cm³/mol. The van der Waals surface area contributed by atoms with Crippen molar-refractivity contribution >= 4 is 17.6 Å². The molecule has 0 aliphatic heterocycles. The molecule has 7 heteroatoms. The van der Waals surface area contributed by atoms with E-state index in [0.717, 1.165) is 0 Å². The summed E-state index contributed by atoms with van der Waals surface area (Å²) in [7, 11) is 0. The van der Waals surface area contributed by atoms with Crippen LogP contribution in [0.15, 0.2) is 42.5 Å². The molecule has 0 radical (unpaired) electrons. The molecule has 0 bridgehead atoms. The van der Waals surface area contributed by atoms with Crippen LogP contribution in [0.5, 0.6) is 11.5 Å². The van der Waals surface area contributed by atoms with Gasteiger partial charge in [0.25, 0.3) is 0 Å². The number of hydrogen-bond donors (Lipinski definition) is 3. The standard InChI is InChI=1S/C20H23ClO6/c1-13(22)17-12-15(21)6-7-19(17)27-9-3-8-26-16-5-2-4-14(10-16)11-18(23)20(24)25/h2,4-7,10,12-13,18,22-23H,3,8-9,11H2,1H3,(H,24,25)/t13?,18-/m0/s1. The molecule has 146 valence electrons. The van der Waals surface area contributed by atoms with Gasteiger partial charge in [-0.3, -0.25) is 0 Å². The van der Waals surface area contributed by atoms with Gasteiger partial charge in [0.15, 0.2) is 6.10 Å². The molecule has 0 saturated heterocycles. The molecule has 0 fully saturated rings. The average Bonchev–Trinajstić information content (AvgIpc) is 2.62. The molecule has 2 aromatic rings. The first-order valence-electron chi connectivity index (χ1n) is 8.59. The lowest BCUT2D eigenvalue weighted by molar-refractivity contribution is -0.146. The molecule has 2 aromatic carbocycles. The van der Waals surface area contributed by atoms with Crippen LogP contribution in [0.25, 0.3) is 0 Å². The topological polar surface area (TPSA) is 96.2 Å². The van der Waals surface area contributed by atoms with E-state index in [-0.39, 0.29) is 6.42 Å². The Labute approximate surface area is 162 Å². The highest BCUT2D eigenvalue weighted by Crippen LogP contribution is 2.28. The first-order chi connectivity index (χ1) is 12.9. The predicted octanol–water partition coefficient (Wildman–Crippen LogP) is 3.23. The lowest BCUT2D eigenvalue weighted by atomic mass is 10.1. The lowest BCUT2D eigenvalue weighted by Crippen LogP contribution is -2.21. The highest BCUT2D eigenvalue weighted by atomic mass is 35.5. The smallest absolute Gasteiger partial charge is 0.332 e. The Morgan fingerprint density at radius 3 is 2.56 bits per heavy atom. The van der Waals surface area contributed by atoms with Crippen molar-refractivity contribution in [1.82, 2.24) is 0 Å². The summed E-state index contributed by atoms with van der Waals surface area (Å²) in [5.41, 5.74) is 1.31. The van der Waals surface area contributed by atoms with Crippen molar-refractivity contribution in [1.29, 1.82) is 0 Å². The van der Waals surface area contributed by atoms with E-state index in [4.69, 9.17) is 26.2 Å². The number of aliphatic hydroxyl groups excluding tert-OH is 2. The van der Waals surface area contributed by atoms with Crippen LogP contribution < -0.4 is 9.47 Å². The summed E-state index contributed by atoms with van der Waals surface area (Å²) in [6.07, 6.45) is -1.48. The van der Waals surface area contributed by atoms with Crippen LogP contribution in [0, 0.1) is 0 Å². The van der Waals surface area contributed by atoms with Gasteiger partial charge in [-0.15, -0.1) is 0 Å². The van der Waals surface area contributed by atoms with Gasteiger partial charge in [0.1, 0.15) is 11.5 Å². The van der Waals surface area contributed by atoms with Crippen molar-refractivity contribution in [3.05, 3.63) is 58.6 Å². The van der Waals surface area contributed by atoms with E-state index in [0.29, 0.717) is 47.3 Å². The molecule has 1 unspecified atom stereocenters. The zero-order valence-corrected chi connectivity index (χ0v) is 15.7. The second-order valence-electron chi connectivity index (χ2n) is 6.11. The van der Waals surface area contributed by atoms with E-state index in [1.165, 1.54) is 0 Å². The summed E-state index contributed by atoms with van der Waals surface area (Å²) in [5, 5.41) is 28.5. The first kappa shape index (κ1) is 21.0. The van der Waals surface area contributed by atoms with Gasteiger partial charge in [-0.05, 0) is 42.8 Å². The van der Waals surface area contributed by atoms with E-state index in [9.17, 15) is 15.0 Å². The van der Waals surface area contributed by atoms with Crippen molar-refractivity contribution in [2.75, 3.05) is 13.2 Å². The monoisotopic (exact) mass is 394 g/mol. The van der Waals surface area contributed by atoms with Crippen LogP contribution >= 0.6 is 11.6 Å². The Hall–Kier alpha value is -2.28. The molecule has 0 heterocycles. The van der Waals surface area contributed by atoms with Crippen molar-refractivity contribution in [3.8, 4) is 11.5 Å². The molecule has 2 rings (SSSR count). The summed E-state index contributed by atoms with van der Waals surface area (Å²) in [4.78, 5) is 10.7. The Kier molecular flexibility index (Phi) is 7.91. The normalized spacial score (nSPS) is 13.0. The van der Waals surface area contributed by atoms with Crippen LogP contribution in [-0.4, -0.2) is 40.6 Å². The number of benzene rings is 2. The Bertz CT molecular complexity index is 762. The zero-order chi connectivity index (χ0) is 19.8. The number of aliphatic carboxylic acids is 1. The fourth-order valence-corrected chi connectivity index (χ4v) is 2.66. The molecule has 2 atom stereocenters. The second-order valence-corrected chi connectivity index (χ2v) is 6.55. The van der Waals surface area contributed by atoms with Gasteiger partial charge in [-0.25, -0.2) is 4.79 Å². The van der Waals surface area contributed by atoms with Gasteiger partial charge in [-0.2, -0.15) is 0 Å². The fourth-order valence-electron chi connectivity index (χ4n) is 2.48. The summed E-state index contributed by atoms with van der Waals surface area (Å²) in [5.74, 6) is -0.0717. The number of carbonyl (C=O) groups is 1. The van der Waals surface area contributed by atoms with Gasteiger partial charge < -0.3 is 24.8 Å². The lowest BCUT2D eigenvalue weighted by Gasteiger charge is -2.14. The molecule has 0 aliphatic carbocycles. The van der Waals surface area contributed by atoms with E-state index >= 15 is 0 Å². The minimum atomic E-state index is -1.43. The van der Waals surface area contributed by atoms with Crippen molar-refractivity contribution < 1.29 is 29.6 Å². The third-order valence-corrected chi connectivity index (χ3v) is 4.08. The van der Waals surface area contributed by atoms with Crippen molar-refractivity contribution in [2.24, 2.45) is 0 Å². The van der Waals surface area contributed by atoms with E-state index in [1.54, 1.807) is 49.4 Å². The maximum atomic E-state index is 10.7. The van der Waals surface area contributed by atoms with Crippen LogP contribution in [0.1, 0.15) is 30.6 Å². The van der Waals surface area contributed by atoms with Crippen LogP contribution in [0.4, 0.5) is 0 Å². The van der Waals surface area contributed by atoms with Gasteiger partial charge in [0.2, 0.25) is 0 Å². The number of ether oxygens (including phenoxy) is 2. The van der Waals surface area contributed by atoms with E-state index in [1.807, 2.05) is 0 Å². The SMILES string of the molecule is CC(O)c1cc(Cl)ccc1OCCCOc1cccc(C[C@H](O)C(=O)O)c1. The Morgan fingerprint density at radius 1 is 1.11 bits per heavy atom. The average molecular weight is 395 g/mol. The quantitative estimate of drug-likeness (QED) is 0.535. The third-order valence-electron chi connectivity index (χ3n) is 3.85. The van der Waals surface area contributed by atoms with Crippen LogP contribution in [-0.2, 0) is 11.2 Å². The van der Waals surface area contributed by atoms with E-state index in [2.05, 4.69) is 0 Å². The molecular weight excluding hydrogens is 372 g/mol. The van der Waals surface area contributed by atoms with E-state index < -0.39 is 18.2 Å². The summed E-state index contributed by atoms with van der Waals surface area (Å²) >= 11 is 5.94. The molecule has 6 nitrogen and oxygen atoms in total. The molecule has 0 aliphatic rings. The molecule has 0 saturated carbocycles. The minimum Gasteiger partial charge on any atom is -0.493 e. The van der Waals surface area contributed by atoms with Gasteiger partial charge >= 0.3 is 5.97 Å². The maximum Gasteiger partial charge on any atom is 0.332 e. The number of halogens is 1. The maximum absolute atomic E-state index is 10.7. The van der Waals surface area contributed by atoms with Gasteiger partial charge in [0.05, 0.1) is 19.3 Å². The zero-order valence-electron chi connectivity index (χ0n) is 15.0. The highest BCUT2D eigenvalue weighted by molar-refractivity contribution is 6.30. The van der Waals surface area contributed by atoms with Gasteiger partial charge in [0, 0.05) is 23.4 Å². The Balaban J connectivity index is 1.80. The summed E-state index contributed by atoms with van der Waals surface area (Å²) in [6.45, 7) is 2.46. The summed E-state index contributed by atoms with van der Waals surface area (Å²) in [6, 6.07) is 12.1. The molecule has 0 amide bonds. The highest BCUT2D eigenvalue weighted by Gasteiger charge is 2.14. The van der Waals surface area contributed by atoms with Crippen LogP contribution in [0.2, 0.25) is 5.02 Å². The molecule has 27 heavy (non-hydrogen) atoms. The number of carboxylic acid groups (broad SMARTS) is 1. The fraction of sp³-hybridized carbons (Fsp3) is 0.350. The first-order valence-corrected chi connectivity index (χ1v) is 8.97. The molecule has 0 aromatic heterocycles. The molecule has 0 spiro atoms. The minimum absolute atomic E-state index is 0.0222. The van der Waals surface area contributed by atoms with Gasteiger partial charge in [-0.1, -0.05) is 23.7 Å². The number of aliphatic hydroxyl groups is 2. The Morgan fingerprint density at radius 2 is 1.85 bits per heavy atom. The molecular formula is C20H23ClO6. The van der Waals surface area contributed by atoms with Crippen molar-refractivity contribution in [2.45, 2.75) is 32.0 Å². The third kappa shape index (κ3) is 6.75. The number of carboxylic acids is 1. The number of rotatable bonds is 10. The van der Waals surface area contributed by atoms with Crippen molar-refractivity contribution in [3.63, 3.8) is 0 Å². The van der Waals surface area contributed by atoms with Crippen LogP contribution in [0.3, 0.4) is 0 Å². The largest absolute Gasteiger partial charge is 0.493 e. The second kappa shape index (κ2) is 10.2. The number of hydrogen-bond acceptors (Lipinski definition) is 5. The summed E-state index contributed by atoms with van der Waals surface area (Å²) < 4.78 is 11.3.